The molecule has 2 aliphatic carbocycles. The Kier molecular flexibility index (Phi) is 9.56. The van der Waals surface area contributed by atoms with Crippen LogP contribution in [0.25, 0.3) is 76.9 Å². The lowest BCUT2D eigenvalue weighted by atomic mass is 9.74. The fraction of sp³-hybridized carbons (Fsp3) is 0.0541. The van der Waals surface area contributed by atoms with E-state index in [-0.39, 0.29) is 10.8 Å². The van der Waals surface area contributed by atoms with Crippen LogP contribution in [-0.4, -0.2) is 0 Å². The zero-order valence-corrected chi connectivity index (χ0v) is 43.1. The van der Waals surface area contributed by atoms with E-state index in [4.69, 9.17) is 8.83 Å². The zero-order valence-electron chi connectivity index (χ0n) is 43.1. The quantitative estimate of drug-likeness (QED) is 0.152. The molecule has 16 rings (SSSR count). The van der Waals surface area contributed by atoms with Crippen molar-refractivity contribution in [2.75, 3.05) is 9.80 Å². The molecule has 14 aromatic rings. The number of anilines is 6. The second-order valence-corrected chi connectivity index (χ2v) is 21.4. The Bertz CT molecular complexity index is 4310. The first-order valence-electron chi connectivity index (χ1n) is 27.0. The molecular formula is C74H50N2O2. The van der Waals surface area contributed by atoms with Crippen LogP contribution in [0.3, 0.4) is 0 Å². The summed E-state index contributed by atoms with van der Waals surface area (Å²) in [6, 6.07) is 96.9. The minimum Gasteiger partial charge on any atom is -0.456 e. The first-order valence-corrected chi connectivity index (χ1v) is 27.0. The summed E-state index contributed by atoms with van der Waals surface area (Å²) in [6.07, 6.45) is 0. The third-order valence-electron chi connectivity index (χ3n) is 17.4. The lowest BCUT2D eigenvalue weighted by Gasteiger charge is -2.30. The third kappa shape index (κ3) is 6.35. The number of furan rings is 2. The molecule has 0 saturated carbocycles. The van der Waals surface area contributed by atoms with Crippen molar-refractivity contribution in [3.05, 3.63) is 300 Å². The Hall–Kier alpha value is -9.90. The Morgan fingerprint density at radius 2 is 0.551 bits per heavy atom. The number of hydrogen-bond donors (Lipinski definition) is 0. The molecule has 0 fully saturated rings. The molecule has 368 valence electrons. The van der Waals surface area contributed by atoms with Crippen molar-refractivity contribution < 1.29 is 8.83 Å². The molecule has 2 aromatic heterocycles. The van der Waals surface area contributed by atoms with E-state index < -0.39 is 0 Å². The Morgan fingerprint density at radius 3 is 0.910 bits per heavy atom. The van der Waals surface area contributed by atoms with Crippen LogP contribution in [0, 0.1) is 0 Å². The van der Waals surface area contributed by atoms with Crippen LogP contribution in [0.4, 0.5) is 34.1 Å². The molecule has 0 spiro atoms. The van der Waals surface area contributed by atoms with Crippen molar-refractivity contribution in [1.82, 2.24) is 0 Å². The molecule has 0 radical (unpaired) electrons. The van der Waals surface area contributed by atoms with Gasteiger partial charge >= 0.3 is 0 Å². The van der Waals surface area contributed by atoms with Gasteiger partial charge < -0.3 is 18.6 Å². The summed E-state index contributed by atoms with van der Waals surface area (Å²) in [7, 11) is 0. The molecule has 12 aromatic carbocycles. The number of hydrogen-bond acceptors (Lipinski definition) is 4. The largest absolute Gasteiger partial charge is 0.456 e. The molecule has 0 saturated heterocycles. The lowest BCUT2D eigenvalue weighted by molar-refractivity contribution is 0.668. The van der Waals surface area contributed by atoms with Gasteiger partial charge in [-0.2, -0.15) is 0 Å². The predicted octanol–water partition coefficient (Wildman–Crippen LogP) is 20.2. The molecule has 4 heteroatoms. The minimum atomic E-state index is -0.273. The molecule has 0 unspecified atom stereocenters. The van der Waals surface area contributed by atoms with E-state index >= 15 is 0 Å². The summed E-state index contributed by atoms with van der Waals surface area (Å²) in [4.78, 5) is 4.65. The molecule has 78 heavy (non-hydrogen) atoms. The monoisotopic (exact) mass is 998 g/mol. The van der Waals surface area contributed by atoms with Crippen LogP contribution < -0.4 is 9.80 Å². The summed E-state index contributed by atoms with van der Waals surface area (Å²) < 4.78 is 13.6. The van der Waals surface area contributed by atoms with E-state index in [1.165, 1.54) is 55.6 Å². The van der Waals surface area contributed by atoms with Crippen molar-refractivity contribution in [3.63, 3.8) is 0 Å². The van der Waals surface area contributed by atoms with Gasteiger partial charge in [0.05, 0.1) is 0 Å². The average Bonchev–Trinajstić information content (AvgIpc) is 4.42. The smallest absolute Gasteiger partial charge is 0.137 e. The summed E-state index contributed by atoms with van der Waals surface area (Å²) >= 11 is 0. The summed E-state index contributed by atoms with van der Waals surface area (Å²) in [5.74, 6) is 0. The second-order valence-electron chi connectivity index (χ2n) is 21.4. The van der Waals surface area contributed by atoms with Crippen LogP contribution in [0.15, 0.2) is 276 Å². The highest BCUT2D eigenvalue weighted by Crippen LogP contribution is 2.55. The van der Waals surface area contributed by atoms with Gasteiger partial charge in [-0.1, -0.05) is 158 Å². The van der Waals surface area contributed by atoms with Gasteiger partial charge in [0.25, 0.3) is 0 Å². The maximum absolute atomic E-state index is 6.81. The highest BCUT2D eigenvalue weighted by molar-refractivity contribution is 6.27. The van der Waals surface area contributed by atoms with Gasteiger partial charge in [0.15, 0.2) is 0 Å². The van der Waals surface area contributed by atoms with Crippen LogP contribution >= 0.6 is 0 Å². The van der Waals surface area contributed by atoms with E-state index in [1.807, 2.05) is 0 Å². The Labute approximate surface area is 452 Å². The van der Waals surface area contributed by atoms with E-state index in [2.05, 4.69) is 291 Å². The Morgan fingerprint density at radius 1 is 0.256 bits per heavy atom. The first-order chi connectivity index (χ1) is 38.4. The SMILES string of the molecule is CC1(c2ccc(N(c3ccccc3)c3ccc4c(c3)oc3ccc5c(ccc6oc7cc(N(c8ccccc8)c8ccc(C9(C)c%10ccccc%10-c%10ccccc%109)cc8)ccc7c65)c34)cc2)c2ccccc2-c2ccccc21. The first kappa shape index (κ1) is 44.4. The van der Waals surface area contributed by atoms with Crippen molar-refractivity contribution >= 4 is 88.8 Å². The lowest BCUT2D eigenvalue weighted by Crippen LogP contribution is -2.22. The molecule has 2 heterocycles. The average molecular weight is 999 g/mol. The van der Waals surface area contributed by atoms with Crippen molar-refractivity contribution in [1.29, 1.82) is 0 Å². The maximum Gasteiger partial charge on any atom is 0.137 e. The van der Waals surface area contributed by atoms with Crippen LogP contribution in [-0.2, 0) is 10.8 Å². The number of para-hydroxylation sites is 2. The summed E-state index contributed by atoms with van der Waals surface area (Å²) in [6.45, 7) is 4.74. The number of fused-ring (bicyclic) bond motifs is 15. The van der Waals surface area contributed by atoms with Crippen LogP contribution in [0.1, 0.15) is 47.2 Å². The zero-order chi connectivity index (χ0) is 51.7. The van der Waals surface area contributed by atoms with E-state index in [0.29, 0.717) is 0 Å². The summed E-state index contributed by atoms with van der Waals surface area (Å²) in [5, 5.41) is 6.60. The van der Waals surface area contributed by atoms with Crippen LogP contribution in [0.2, 0.25) is 0 Å². The van der Waals surface area contributed by atoms with Crippen LogP contribution in [0.5, 0.6) is 0 Å². The van der Waals surface area contributed by atoms with Gasteiger partial charge in [-0.3, -0.25) is 0 Å². The molecule has 0 amide bonds. The minimum absolute atomic E-state index is 0.273. The highest BCUT2D eigenvalue weighted by Gasteiger charge is 2.42. The molecule has 2 aliphatic rings. The van der Waals surface area contributed by atoms with Gasteiger partial charge in [-0.15, -0.1) is 0 Å². The van der Waals surface area contributed by atoms with E-state index in [9.17, 15) is 0 Å². The maximum atomic E-state index is 6.81. The van der Waals surface area contributed by atoms with Crippen molar-refractivity contribution in [2.45, 2.75) is 24.7 Å². The van der Waals surface area contributed by atoms with Gasteiger partial charge in [0.2, 0.25) is 0 Å². The molecule has 0 aliphatic heterocycles. The number of nitrogens with zero attached hydrogens (tertiary/aromatic N) is 2. The molecule has 0 bridgehead atoms. The number of rotatable bonds is 8. The van der Waals surface area contributed by atoms with Gasteiger partial charge in [0.1, 0.15) is 22.3 Å². The molecule has 0 atom stereocenters. The second kappa shape index (κ2) is 16.8. The topological polar surface area (TPSA) is 32.8 Å². The molecular weight excluding hydrogens is 949 g/mol. The predicted molar refractivity (Wildman–Crippen MR) is 323 cm³/mol. The standard InChI is InChI=1S/C74H50N2O2/c1-73(63-25-13-9-21-55(63)56-22-10-14-26-64(56)73)47-29-33-51(34-30-47)75(49-17-5-3-6-18-49)53-37-39-61-69(45-53)77-67-43-41-60-59(71(61)67)42-44-68-72(60)62-40-38-54(46-70(62)78-68)76(50-19-7-4-8-20-50)52-35-31-48(32-36-52)74(2)65-27-15-11-23-57(65)58-24-12-16-28-66(58)74/h3-46H,1-2H3. The van der Waals surface area contributed by atoms with Crippen molar-refractivity contribution in [2.24, 2.45) is 0 Å². The fourth-order valence-corrected chi connectivity index (χ4v) is 13.7. The normalized spacial score (nSPS) is 13.7. The molecule has 0 N–H and O–H groups in total. The number of benzene rings is 12. The third-order valence-corrected chi connectivity index (χ3v) is 17.4. The molecule has 4 nitrogen and oxygen atoms in total. The van der Waals surface area contributed by atoms with E-state index in [0.717, 1.165) is 88.8 Å². The van der Waals surface area contributed by atoms with Crippen molar-refractivity contribution in [3.8, 4) is 22.3 Å². The summed E-state index contributed by atoms with van der Waals surface area (Å²) in [5.41, 5.74) is 22.3. The van der Waals surface area contributed by atoms with Gasteiger partial charge in [-0.25, -0.2) is 0 Å². The highest BCUT2D eigenvalue weighted by atomic mass is 16.3. The van der Waals surface area contributed by atoms with Gasteiger partial charge in [0, 0.05) is 78.6 Å². The van der Waals surface area contributed by atoms with E-state index in [1.54, 1.807) is 0 Å². The Balaban J connectivity index is 0.765. The van der Waals surface area contributed by atoms with Gasteiger partial charge in [-0.05, 0) is 177 Å². The fourth-order valence-electron chi connectivity index (χ4n) is 13.7.